The standard InChI is InChI=1S/C18H20N4O2/c1-13-16(11-20-24-13)12-21-6-8-22(9-7-21)18(23)15-2-3-17-14(10-15)4-5-19-17/h2-5,10-11,19H,6-9,12H2,1H3. The van der Waals surface area contributed by atoms with E-state index >= 15 is 0 Å². The fourth-order valence-corrected chi connectivity index (χ4v) is 3.19. The fourth-order valence-electron chi connectivity index (χ4n) is 3.19. The largest absolute Gasteiger partial charge is 0.361 e. The lowest BCUT2D eigenvalue weighted by Crippen LogP contribution is -2.48. The SMILES string of the molecule is Cc1oncc1CN1CCN(C(=O)c2ccc3[nH]ccc3c2)CC1. The highest BCUT2D eigenvalue weighted by Gasteiger charge is 2.23. The second-order valence-electron chi connectivity index (χ2n) is 6.26. The summed E-state index contributed by atoms with van der Waals surface area (Å²) in [7, 11) is 0. The maximum absolute atomic E-state index is 12.7. The summed E-state index contributed by atoms with van der Waals surface area (Å²) in [5.74, 6) is 0.979. The number of aromatic nitrogens is 2. The lowest BCUT2D eigenvalue weighted by Gasteiger charge is -2.34. The number of amides is 1. The second kappa shape index (κ2) is 6.13. The molecular formula is C18H20N4O2. The third-order valence-corrected chi connectivity index (χ3v) is 4.70. The van der Waals surface area contributed by atoms with Gasteiger partial charge in [0, 0.05) is 61.0 Å². The number of carbonyl (C=O) groups is 1. The summed E-state index contributed by atoms with van der Waals surface area (Å²) in [5.41, 5.74) is 2.93. The van der Waals surface area contributed by atoms with E-state index in [-0.39, 0.29) is 5.91 Å². The first-order valence-corrected chi connectivity index (χ1v) is 8.19. The molecule has 1 aromatic carbocycles. The minimum atomic E-state index is 0.110. The Hall–Kier alpha value is -2.60. The van der Waals surface area contributed by atoms with Crippen LogP contribution in [-0.4, -0.2) is 52.0 Å². The van der Waals surface area contributed by atoms with Gasteiger partial charge in [-0.3, -0.25) is 9.69 Å². The number of benzene rings is 1. The molecule has 0 radical (unpaired) electrons. The summed E-state index contributed by atoms with van der Waals surface area (Å²) in [5, 5.41) is 4.89. The average Bonchev–Trinajstić information content (AvgIpc) is 3.23. The molecule has 6 heteroatoms. The molecule has 6 nitrogen and oxygen atoms in total. The molecule has 0 aliphatic carbocycles. The number of nitrogens with zero attached hydrogens (tertiary/aromatic N) is 3. The molecule has 1 N–H and O–H groups in total. The van der Waals surface area contributed by atoms with E-state index in [2.05, 4.69) is 15.0 Å². The first-order chi connectivity index (χ1) is 11.7. The third-order valence-electron chi connectivity index (χ3n) is 4.70. The quantitative estimate of drug-likeness (QED) is 0.803. The molecule has 3 heterocycles. The monoisotopic (exact) mass is 324 g/mol. The normalized spacial score (nSPS) is 16.0. The van der Waals surface area contributed by atoms with Crippen molar-refractivity contribution in [1.82, 2.24) is 19.9 Å². The van der Waals surface area contributed by atoms with Crippen LogP contribution in [0.3, 0.4) is 0 Å². The van der Waals surface area contributed by atoms with Gasteiger partial charge in [0.1, 0.15) is 5.76 Å². The molecule has 0 spiro atoms. The van der Waals surface area contributed by atoms with Crippen LogP contribution >= 0.6 is 0 Å². The summed E-state index contributed by atoms with van der Waals surface area (Å²) < 4.78 is 5.11. The lowest BCUT2D eigenvalue weighted by atomic mass is 10.1. The predicted molar refractivity (Wildman–Crippen MR) is 90.7 cm³/mol. The van der Waals surface area contributed by atoms with Crippen LogP contribution in [-0.2, 0) is 6.54 Å². The Balaban J connectivity index is 1.39. The van der Waals surface area contributed by atoms with Crippen LogP contribution in [0.1, 0.15) is 21.7 Å². The van der Waals surface area contributed by atoms with E-state index in [4.69, 9.17) is 4.52 Å². The van der Waals surface area contributed by atoms with Crippen molar-refractivity contribution in [3.8, 4) is 0 Å². The maximum atomic E-state index is 12.7. The number of piperazine rings is 1. The minimum Gasteiger partial charge on any atom is -0.361 e. The Labute approximate surface area is 140 Å². The Morgan fingerprint density at radius 1 is 1.25 bits per heavy atom. The average molecular weight is 324 g/mol. The number of rotatable bonds is 3. The van der Waals surface area contributed by atoms with Gasteiger partial charge in [-0.2, -0.15) is 0 Å². The number of carbonyl (C=O) groups excluding carboxylic acids is 1. The zero-order chi connectivity index (χ0) is 16.5. The van der Waals surface area contributed by atoms with Crippen LogP contribution in [0.4, 0.5) is 0 Å². The molecular weight excluding hydrogens is 304 g/mol. The van der Waals surface area contributed by atoms with Crippen molar-refractivity contribution >= 4 is 16.8 Å². The van der Waals surface area contributed by atoms with Crippen LogP contribution in [0.5, 0.6) is 0 Å². The Bertz CT molecular complexity index is 859. The molecule has 1 saturated heterocycles. The van der Waals surface area contributed by atoms with Crippen molar-refractivity contribution < 1.29 is 9.32 Å². The summed E-state index contributed by atoms with van der Waals surface area (Å²) in [6, 6.07) is 7.81. The molecule has 3 aromatic rings. The number of aryl methyl sites for hydroxylation is 1. The first-order valence-electron chi connectivity index (χ1n) is 8.19. The molecule has 124 valence electrons. The topological polar surface area (TPSA) is 65.4 Å². The molecule has 0 unspecified atom stereocenters. The number of H-pyrrole nitrogens is 1. The minimum absolute atomic E-state index is 0.110. The number of fused-ring (bicyclic) bond motifs is 1. The third kappa shape index (κ3) is 2.80. The van der Waals surface area contributed by atoms with Crippen molar-refractivity contribution in [3.05, 3.63) is 53.5 Å². The second-order valence-corrected chi connectivity index (χ2v) is 6.26. The van der Waals surface area contributed by atoms with Crippen LogP contribution < -0.4 is 0 Å². The van der Waals surface area contributed by atoms with Crippen molar-refractivity contribution in [2.45, 2.75) is 13.5 Å². The molecule has 2 aromatic heterocycles. The van der Waals surface area contributed by atoms with E-state index < -0.39 is 0 Å². The molecule has 1 aliphatic heterocycles. The Kier molecular flexibility index (Phi) is 3.82. The number of nitrogens with one attached hydrogen (secondary N) is 1. The smallest absolute Gasteiger partial charge is 0.253 e. The van der Waals surface area contributed by atoms with Gasteiger partial charge >= 0.3 is 0 Å². The molecule has 24 heavy (non-hydrogen) atoms. The maximum Gasteiger partial charge on any atom is 0.253 e. The number of hydrogen-bond donors (Lipinski definition) is 1. The van der Waals surface area contributed by atoms with Crippen molar-refractivity contribution in [2.24, 2.45) is 0 Å². The molecule has 0 saturated carbocycles. The van der Waals surface area contributed by atoms with E-state index in [0.29, 0.717) is 0 Å². The summed E-state index contributed by atoms with van der Waals surface area (Å²) >= 11 is 0. The predicted octanol–water partition coefficient (Wildman–Crippen LogP) is 2.42. The number of aromatic amines is 1. The Morgan fingerprint density at radius 2 is 2.08 bits per heavy atom. The Morgan fingerprint density at radius 3 is 2.83 bits per heavy atom. The number of hydrogen-bond acceptors (Lipinski definition) is 4. The molecule has 1 fully saturated rings. The highest BCUT2D eigenvalue weighted by molar-refractivity contribution is 5.98. The van der Waals surface area contributed by atoms with Gasteiger partial charge in [-0.05, 0) is 31.2 Å². The summed E-state index contributed by atoms with van der Waals surface area (Å²) in [4.78, 5) is 20.1. The van der Waals surface area contributed by atoms with Gasteiger partial charge in [0.05, 0.1) is 6.20 Å². The molecule has 0 atom stereocenters. The van der Waals surface area contributed by atoms with Gasteiger partial charge < -0.3 is 14.4 Å². The van der Waals surface area contributed by atoms with Crippen LogP contribution in [0.15, 0.2) is 41.2 Å². The van der Waals surface area contributed by atoms with Crippen LogP contribution in [0.25, 0.3) is 10.9 Å². The molecule has 1 amide bonds. The van der Waals surface area contributed by atoms with Gasteiger partial charge in [-0.25, -0.2) is 0 Å². The van der Waals surface area contributed by atoms with E-state index in [0.717, 1.165) is 60.5 Å². The van der Waals surface area contributed by atoms with E-state index in [9.17, 15) is 4.79 Å². The molecule has 0 bridgehead atoms. The zero-order valence-electron chi connectivity index (χ0n) is 13.7. The molecule has 4 rings (SSSR count). The zero-order valence-corrected chi connectivity index (χ0v) is 13.7. The van der Waals surface area contributed by atoms with Crippen molar-refractivity contribution in [1.29, 1.82) is 0 Å². The fraction of sp³-hybridized carbons (Fsp3) is 0.333. The summed E-state index contributed by atoms with van der Waals surface area (Å²) in [6.45, 7) is 5.97. The van der Waals surface area contributed by atoms with E-state index in [1.165, 1.54) is 0 Å². The van der Waals surface area contributed by atoms with Gasteiger partial charge in [0.15, 0.2) is 0 Å². The lowest BCUT2D eigenvalue weighted by molar-refractivity contribution is 0.0628. The van der Waals surface area contributed by atoms with Crippen LogP contribution in [0, 0.1) is 6.92 Å². The van der Waals surface area contributed by atoms with Gasteiger partial charge in [0.2, 0.25) is 0 Å². The van der Waals surface area contributed by atoms with Crippen molar-refractivity contribution in [2.75, 3.05) is 26.2 Å². The van der Waals surface area contributed by atoms with E-state index in [1.54, 1.807) is 6.20 Å². The van der Waals surface area contributed by atoms with E-state index in [1.807, 2.05) is 42.3 Å². The highest BCUT2D eigenvalue weighted by Crippen LogP contribution is 2.17. The van der Waals surface area contributed by atoms with Gasteiger partial charge in [-0.1, -0.05) is 5.16 Å². The van der Waals surface area contributed by atoms with Gasteiger partial charge in [0.25, 0.3) is 5.91 Å². The molecule has 1 aliphatic rings. The highest BCUT2D eigenvalue weighted by atomic mass is 16.5. The van der Waals surface area contributed by atoms with Crippen LogP contribution in [0.2, 0.25) is 0 Å². The first kappa shape index (κ1) is 15.0. The van der Waals surface area contributed by atoms with Gasteiger partial charge in [-0.15, -0.1) is 0 Å². The van der Waals surface area contributed by atoms with Crippen molar-refractivity contribution in [3.63, 3.8) is 0 Å². The summed E-state index contributed by atoms with van der Waals surface area (Å²) in [6.07, 6.45) is 3.67.